The summed E-state index contributed by atoms with van der Waals surface area (Å²) in [5.41, 5.74) is 4.88. The summed E-state index contributed by atoms with van der Waals surface area (Å²) in [5, 5.41) is 0.475. The molecule has 34 heavy (non-hydrogen) atoms. The summed E-state index contributed by atoms with van der Waals surface area (Å²) in [6.07, 6.45) is 5.82. The van der Waals surface area contributed by atoms with Crippen LogP contribution in [0.5, 0.6) is 11.5 Å². The monoisotopic (exact) mass is 486 g/mol. The molecule has 6 nitrogen and oxygen atoms in total. The van der Waals surface area contributed by atoms with Crippen LogP contribution in [0, 0.1) is 6.92 Å². The van der Waals surface area contributed by atoms with Crippen LogP contribution in [0.1, 0.15) is 67.9 Å². The molecule has 0 saturated heterocycles. The number of amides is 1. The van der Waals surface area contributed by atoms with Crippen LogP contribution in [-0.2, 0) is 11.2 Å². The van der Waals surface area contributed by atoms with Crippen molar-refractivity contribution in [3.8, 4) is 11.5 Å². The van der Waals surface area contributed by atoms with Gasteiger partial charge in [-0.25, -0.2) is 0 Å². The Balaban J connectivity index is 1.57. The lowest BCUT2D eigenvalue weighted by atomic mass is 9.90. The van der Waals surface area contributed by atoms with Gasteiger partial charge in [0.15, 0.2) is 17.3 Å². The first-order valence-electron chi connectivity index (χ1n) is 12.1. The number of halogens is 1. The van der Waals surface area contributed by atoms with Gasteiger partial charge < -0.3 is 19.3 Å². The van der Waals surface area contributed by atoms with E-state index < -0.39 is 5.79 Å². The average molecular weight is 487 g/mol. The number of Topliss-reactive ketones (excluding diaryl/α,β-unsaturated/α-hetero) is 1. The van der Waals surface area contributed by atoms with Gasteiger partial charge in [-0.2, -0.15) is 0 Å². The summed E-state index contributed by atoms with van der Waals surface area (Å²) >= 11 is 6.79. The van der Waals surface area contributed by atoms with Gasteiger partial charge in [-0.1, -0.05) is 23.3 Å². The van der Waals surface area contributed by atoms with Crippen LogP contribution in [0.25, 0.3) is 0 Å². The van der Waals surface area contributed by atoms with Gasteiger partial charge in [-0.3, -0.25) is 9.59 Å². The number of carbonyl (C=O) groups excluding carboxylic acids is 2. The Morgan fingerprint density at radius 2 is 1.82 bits per heavy atom. The normalized spacial score (nSPS) is 22.0. The van der Waals surface area contributed by atoms with Gasteiger partial charge in [0.25, 0.3) is 5.91 Å². The summed E-state index contributed by atoms with van der Waals surface area (Å²) < 4.78 is 12.5. The number of benzene rings is 1. The second-order valence-electron chi connectivity index (χ2n) is 10.3. The maximum absolute atomic E-state index is 13.6. The molecule has 2 aliphatic heterocycles. The molecule has 0 bridgehead atoms. The standard InChI is InChI=1S/C27H35ClN2O4/c1-16-13-17(2)20(21(31)14-16)15-30-12-9-19-22(26(30)32)18(3)24-25(23(19)28)34-27(4,33-24)10-7-8-11-29(5)6/h13H,7-12,14-15H2,1-6H3. The smallest absolute Gasteiger partial charge is 0.254 e. The molecule has 4 rings (SSSR count). The Morgan fingerprint density at radius 3 is 2.50 bits per heavy atom. The van der Waals surface area contributed by atoms with Crippen LogP contribution in [0.3, 0.4) is 0 Å². The lowest BCUT2D eigenvalue weighted by molar-refractivity contribution is -0.115. The summed E-state index contributed by atoms with van der Waals surface area (Å²) in [4.78, 5) is 30.2. The lowest BCUT2D eigenvalue weighted by Crippen LogP contribution is -2.40. The summed E-state index contributed by atoms with van der Waals surface area (Å²) in [6, 6.07) is 0. The number of carbonyl (C=O) groups is 2. The van der Waals surface area contributed by atoms with E-state index >= 15 is 0 Å². The molecule has 1 aromatic carbocycles. The van der Waals surface area contributed by atoms with Gasteiger partial charge in [-0.05, 0) is 71.8 Å². The van der Waals surface area contributed by atoms with Crippen molar-refractivity contribution >= 4 is 23.3 Å². The number of unbranched alkanes of at least 4 members (excludes halogenated alkanes) is 1. The van der Waals surface area contributed by atoms with E-state index in [2.05, 4.69) is 19.0 Å². The zero-order chi connectivity index (χ0) is 24.8. The first kappa shape index (κ1) is 24.8. The Hall–Kier alpha value is -2.31. The third-order valence-corrected chi connectivity index (χ3v) is 7.41. The number of ketones is 1. The highest BCUT2D eigenvalue weighted by molar-refractivity contribution is 6.34. The molecule has 184 valence electrons. The molecular formula is C27H35ClN2O4. The summed E-state index contributed by atoms with van der Waals surface area (Å²) in [6.45, 7) is 9.59. The molecule has 0 radical (unpaired) electrons. The second-order valence-corrected chi connectivity index (χ2v) is 10.7. The van der Waals surface area contributed by atoms with E-state index in [9.17, 15) is 9.59 Å². The molecule has 1 unspecified atom stereocenters. The summed E-state index contributed by atoms with van der Waals surface area (Å²) in [7, 11) is 4.13. The Kier molecular flexibility index (Phi) is 6.85. The number of nitrogens with zero attached hydrogens (tertiary/aromatic N) is 2. The van der Waals surface area contributed by atoms with Crippen molar-refractivity contribution in [3.63, 3.8) is 0 Å². The maximum Gasteiger partial charge on any atom is 0.254 e. The van der Waals surface area contributed by atoms with Gasteiger partial charge in [0.05, 0.1) is 10.6 Å². The zero-order valence-electron chi connectivity index (χ0n) is 21.1. The molecule has 1 aromatic rings. The third-order valence-electron chi connectivity index (χ3n) is 7.01. The van der Waals surface area contributed by atoms with Crippen LogP contribution in [0.15, 0.2) is 22.8 Å². The van der Waals surface area contributed by atoms with Crippen LogP contribution < -0.4 is 9.47 Å². The first-order valence-corrected chi connectivity index (χ1v) is 12.5. The number of rotatable bonds is 7. The average Bonchev–Trinajstić information content (AvgIpc) is 3.11. The van der Waals surface area contributed by atoms with Crippen molar-refractivity contribution in [2.45, 2.75) is 65.6 Å². The van der Waals surface area contributed by atoms with Crippen LogP contribution in [0.2, 0.25) is 5.02 Å². The van der Waals surface area contributed by atoms with E-state index in [1.807, 2.05) is 33.8 Å². The molecule has 0 spiro atoms. The lowest BCUT2D eigenvalue weighted by Gasteiger charge is -2.32. The van der Waals surface area contributed by atoms with E-state index in [1.165, 1.54) is 0 Å². The van der Waals surface area contributed by atoms with Gasteiger partial charge in [0.1, 0.15) is 0 Å². The van der Waals surface area contributed by atoms with Gasteiger partial charge in [-0.15, -0.1) is 0 Å². The number of ether oxygens (including phenoxy) is 2. The fourth-order valence-electron chi connectivity index (χ4n) is 5.17. The summed E-state index contributed by atoms with van der Waals surface area (Å²) in [5.74, 6) is 0.316. The molecule has 1 amide bonds. The van der Waals surface area contributed by atoms with E-state index in [0.717, 1.165) is 53.7 Å². The number of allylic oxidation sites excluding steroid dienone is 3. The molecule has 1 atom stereocenters. The van der Waals surface area contributed by atoms with Gasteiger partial charge >= 0.3 is 0 Å². The Labute approximate surface area is 207 Å². The molecule has 0 N–H and O–H groups in total. The van der Waals surface area contributed by atoms with Crippen molar-refractivity contribution in [3.05, 3.63) is 44.5 Å². The molecule has 2 heterocycles. The predicted octanol–water partition coefficient (Wildman–Crippen LogP) is 5.10. The van der Waals surface area contributed by atoms with E-state index in [1.54, 1.807) is 4.90 Å². The highest BCUT2D eigenvalue weighted by Gasteiger charge is 2.43. The minimum absolute atomic E-state index is 0.0987. The Bertz CT molecular complexity index is 1100. The van der Waals surface area contributed by atoms with Crippen molar-refractivity contribution < 1.29 is 19.1 Å². The highest BCUT2D eigenvalue weighted by Crippen LogP contribution is 2.51. The molecule has 0 fully saturated rings. The topological polar surface area (TPSA) is 59.1 Å². The Morgan fingerprint density at radius 1 is 1.12 bits per heavy atom. The number of fused-ring (bicyclic) bond motifs is 2. The fraction of sp³-hybridized carbons (Fsp3) is 0.556. The van der Waals surface area contributed by atoms with Crippen molar-refractivity contribution in [2.75, 3.05) is 33.7 Å². The van der Waals surface area contributed by atoms with Crippen molar-refractivity contribution in [1.29, 1.82) is 0 Å². The molecule has 0 aromatic heterocycles. The van der Waals surface area contributed by atoms with E-state index in [-0.39, 0.29) is 11.7 Å². The van der Waals surface area contributed by atoms with Crippen LogP contribution in [-0.4, -0.2) is 61.0 Å². The van der Waals surface area contributed by atoms with Crippen molar-refractivity contribution in [1.82, 2.24) is 9.80 Å². The zero-order valence-corrected chi connectivity index (χ0v) is 21.9. The molecule has 1 aliphatic carbocycles. The van der Waals surface area contributed by atoms with Crippen molar-refractivity contribution in [2.24, 2.45) is 0 Å². The quantitative estimate of drug-likeness (QED) is 0.502. The molecule has 3 aliphatic rings. The maximum atomic E-state index is 13.6. The largest absolute Gasteiger partial charge is 0.448 e. The first-order chi connectivity index (χ1) is 16.0. The van der Waals surface area contributed by atoms with Gasteiger partial charge in [0, 0.05) is 44.0 Å². The van der Waals surface area contributed by atoms with E-state index in [4.69, 9.17) is 21.1 Å². The molecule has 0 saturated carbocycles. The van der Waals surface area contributed by atoms with E-state index in [0.29, 0.717) is 48.0 Å². The molecule has 7 heteroatoms. The predicted molar refractivity (Wildman–Crippen MR) is 134 cm³/mol. The minimum atomic E-state index is -0.795. The molecular weight excluding hydrogens is 452 g/mol. The third kappa shape index (κ3) is 4.63. The second kappa shape index (κ2) is 9.38. The number of hydrogen-bond donors (Lipinski definition) is 0. The highest BCUT2D eigenvalue weighted by atomic mass is 35.5. The SMILES string of the molecule is CC1=CC(C)=C(CN2CCc3c(Cl)c4c(c(C)c3C2=O)OC(C)(CCCCN(C)C)O4)C(=O)C1. The minimum Gasteiger partial charge on any atom is -0.448 e. The van der Waals surface area contributed by atoms with Crippen LogP contribution in [0.4, 0.5) is 0 Å². The van der Waals surface area contributed by atoms with Crippen LogP contribution >= 0.6 is 11.6 Å². The number of hydrogen-bond acceptors (Lipinski definition) is 5. The van der Waals surface area contributed by atoms with Gasteiger partial charge in [0.2, 0.25) is 5.79 Å². The fourth-order valence-corrected chi connectivity index (χ4v) is 5.49.